The molecule has 3 aromatic carbocycles. The molecule has 1 fully saturated rings. The minimum absolute atomic E-state index is 0.795. The predicted octanol–water partition coefficient (Wildman–Crippen LogP) is 4.89. The number of para-hydroxylation sites is 2. The smallest absolute Gasteiger partial charge is 0.213 e. The molecular formula is C27H28N3+. The highest BCUT2D eigenvalue weighted by atomic mass is 15.2. The van der Waals surface area contributed by atoms with Crippen molar-refractivity contribution < 1.29 is 4.57 Å². The Hall–Kier alpha value is -3.17. The number of pyridine rings is 1. The summed E-state index contributed by atoms with van der Waals surface area (Å²) in [5.41, 5.74) is 6.39. The first-order valence-electron chi connectivity index (χ1n) is 10.7. The molecule has 2 heterocycles. The average Bonchev–Trinajstić information content (AvgIpc) is 2.80. The zero-order chi connectivity index (χ0) is 20.5. The van der Waals surface area contributed by atoms with Crippen LogP contribution < -0.4 is 9.47 Å². The fraction of sp³-hybridized carbons (Fsp3) is 0.222. The van der Waals surface area contributed by atoms with Gasteiger partial charge in [0.1, 0.15) is 0 Å². The molecule has 0 N–H and O–H groups in total. The number of rotatable bonds is 4. The van der Waals surface area contributed by atoms with Crippen LogP contribution in [0, 0.1) is 0 Å². The summed E-state index contributed by atoms with van der Waals surface area (Å²) in [5, 5.41) is 2.57. The maximum atomic E-state index is 3.98. The van der Waals surface area contributed by atoms with E-state index in [2.05, 4.69) is 101 Å². The van der Waals surface area contributed by atoms with E-state index in [0.717, 1.165) is 32.7 Å². The second-order valence-corrected chi connectivity index (χ2v) is 8.15. The van der Waals surface area contributed by atoms with Gasteiger partial charge in [-0.1, -0.05) is 43.0 Å². The molecule has 0 spiro atoms. The van der Waals surface area contributed by atoms with Gasteiger partial charge in [0, 0.05) is 49.6 Å². The lowest BCUT2D eigenvalue weighted by molar-refractivity contribution is -0.634. The molecule has 3 nitrogen and oxygen atoms in total. The summed E-state index contributed by atoms with van der Waals surface area (Å²) in [4.78, 5) is 4.88. The van der Waals surface area contributed by atoms with Crippen molar-refractivity contribution in [2.45, 2.75) is 6.54 Å². The van der Waals surface area contributed by atoms with Crippen LogP contribution in [0.2, 0.25) is 0 Å². The summed E-state index contributed by atoms with van der Waals surface area (Å²) < 4.78 is 2.36. The third kappa shape index (κ3) is 3.25. The lowest BCUT2D eigenvalue weighted by Gasteiger charge is -2.34. The third-order valence-electron chi connectivity index (χ3n) is 6.26. The summed E-state index contributed by atoms with van der Waals surface area (Å²) in [6.07, 6.45) is 1.98. The highest BCUT2D eigenvalue weighted by Crippen LogP contribution is 2.35. The molecule has 30 heavy (non-hydrogen) atoms. The number of anilines is 1. The van der Waals surface area contributed by atoms with Crippen LogP contribution in [0.1, 0.15) is 0 Å². The van der Waals surface area contributed by atoms with Crippen molar-refractivity contribution in [3.63, 3.8) is 0 Å². The first-order chi connectivity index (χ1) is 14.8. The van der Waals surface area contributed by atoms with E-state index < -0.39 is 0 Å². The standard InChI is InChI=1S/C27H28N3/c1-3-16-30-25-10-6-4-8-23(25)27(24-9-5-7-11-26(24)30)21-12-14-22(15-13-21)29-19-17-28(2)18-20-29/h3-15H,1,16-20H2,2H3/q+1. The molecule has 0 amide bonds. The second-order valence-electron chi connectivity index (χ2n) is 8.15. The topological polar surface area (TPSA) is 10.4 Å². The van der Waals surface area contributed by atoms with E-state index in [0.29, 0.717) is 0 Å². The highest BCUT2D eigenvalue weighted by molar-refractivity contribution is 6.07. The van der Waals surface area contributed by atoms with Crippen molar-refractivity contribution in [1.82, 2.24) is 4.90 Å². The first-order valence-corrected chi connectivity index (χ1v) is 10.7. The average molecular weight is 395 g/mol. The van der Waals surface area contributed by atoms with Crippen molar-refractivity contribution in [1.29, 1.82) is 0 Å². The van der Waals surface area contributed by atoms with E-state index in [-0.39, 0.29) is 0 Å². The van der Waals surface area contributed by atoms with Crippen LogP contribution in [0.4, 0.5) is 5.69 Å². The van der Waals surface area contributed by atoms with Crippen molar-refractivity contribution in [3.8, 4) is 11.1 Å². The third-order valence-corrected chi connectivity index (χ3v) is 6.26. The number of likely N-dealkylation sites (N-methyl/N-ethyl adjacent to an activating group) is 1. The number of aromatic nitrogens is 1. The van der Waals surface area contributed by atoms with E-state index in [1.54, 1.807) is 0 Å². The van der Waals surface area contributed by atoms with Crippen LogP contribution >= 0.6 is 0 Å². The van der Waals surface area contributed by atoms with Crippen LogP contribution in [0.3, 0.4) is 0 Å². The minimum Gasteiger partial charge on any atom is -0.369 e. The molecule has 0 unspecified atom stereocenters. The maximum absolute atomic E-state index is 3.98. The SMILES string of the molecule is C=CC[n+]1c2ccccc2c(-c2ccc(N3CCN(C)CC3)cc2)c2ccccc21. The van der Waals surface area contributed by atoms with Crippen LogP contribution in [0.15, 0.2) is 85.5 Å². The molecule has 150 valence electrons. The maximum Gasteiger partial charge on any atom is 0.213 e. The van der Waals surface area contributed by atoms with Crippen LogP contribution in [-0.2, 0) is 6.54 Å². The lowest BCUT2D eigenvalue weighted by atomic mass is 9.95. The molecule has 1 aromatic heterocycles. The number of piperazine rings is 1. The number of nitrogens with zero attached hydrogens (tertiary/aromatic N) is 3. The fourth-order valence-electron chi connectivity index (χ4n) is 4.66. The van der Waals surface area contributed by atoms with Gasteiger partial charge in [-0.15, -0.1) is 0 Å². The molecule has 4 aromatic rings. The highest BCUT2D eigenvalue weighted by Gasteiger charge is 2.20. The number of fused-ring (bicyclic) bond motifs is 2. The Kier molecular flexibility index (Phi) is 4.97. The summed E-state index contributed by atoms with van der Waals surface area (Å²) in [6, 6.07) is 26.6. The van der Waals surface area contributed by atoms with Gasteiger partial charge in [-0.05, 0) is 43.0 Å². The zero-order valence-corrected chi connectivity index (χ0v) is 17.6. The molecule has 1 saturated heterocycles. The monoisotopic (exact) mass is 394 g/mol. The van der Waals surface area contributed by atoms with Crippen LogP contribution in [0.5, 0.6) is 0 Å². The van der Waals surface area contributed by atoms with E-state index in [1.807, 2.05) is 6.08 Å². The van der Waals surface area contributed by atoms with Crippen LogP contribution in [0.25, 0.3) is 32.9 Å². The molecular weight excluding hydrogens is 366 g/mol. The molecule has 0 saturated carbocycles. The van der Waals surface area contributed by atoms with Crippen molar-refractivity contribution >= 4 is 27.5 Å². The summed E-state index contributed by atoms with van der Waals surface area (Å²) in [6.45, 7) is 9.21. The van der Waals surface area contributed by atoms with Gasteiger partial charge in [0.25, 0.3) is 0 Å². The van der Waals surface area contributed by atoms with Crippen molar-refractivity contribution in [2.75, 3.05) is 38.1 Å². The summed E-state index contributed by atoms with van der Waals surface area (Å²) in [5.74, 6) is 0. The van der Waals surface area contributed by atoms with Gasteiger partial charge in [0.2, 0.25) is 11.0 Å². The van der Waals surface area contributed by atoms with E-state index >= 15 is 0 Å². The van der Waals surface area contributed by atoms with E-state index in [9.17, 15) is 0 Å². The molecule has 0 radical (unpaired) electrons. The van der Waals surface area contributed by atoms with Gasteiger partial charge in [-0.25, -0.2) is 0 Å². The van der Waals surface area contributed by atoms with Gasteiger partial charge >= 0.3 is 0 Å². The number of hydrogen-bond donors (Lipinski definition) is 0. The van der Waals surface area contributed by atoms with Gasteiger partial charge in [-0.2, -0.15) is 4.57 Å². The fourth-order valence-corrected chi connectivity index (χ4v) is 4.66. The summed E-state index contributed by atoms with van der Waals surface area (Å²) >= 11 is 0. The Morgan fingerprint density at radius 2 is 1.37 bits per heavy atom. The predicted molar refractivity (Wildman–Crippen MR) is 127 cm³/mol. The number of allylic oxidation sites excluding steroid dienone is 1. The Balaban J connectivity index is 1.67. The zero-order valence-electron chi connectivity index (χ0n) is 17.6. The summed E-state index contributed by atoms with van der Waals surface area (Å²) in [7, 11) is 2.20. The molecule has 0 bridgehead atoms. The second kappa shape index (κ2) is 7.92. The lowest BCUT2D eigenvalue weighted by Crippen LogP contribution is -2.44. The molecule has 0 aliphatic carbocycles. The van der Waals surface area contributed by atoms with Crippen molar-refractivity contribution in [2.24, 2.45) is 0 Å². The Bertz CT molecular complexity index is 1150. The van der Waals surface area contributed by atoms with Gasteiger partial charge in [0.15, 0.2) is 6.54 Å². The minimum atomic E-state index is 0.795. The molecule has 3 heteroatoms. The molecule has 0 atom stereocenters. The Morgan fingerprint density at radius 3 is 1.93 bits per heavy atom. The number of benzene rings is 3. The Labute approximate surface area is 178 Å². The number of hydrogen-bond acceptors (Lipinski definition) is 2. The van der Waals surface area contributed by atoms with Crippen molar-refractivity contribution in [3.05, 3.63) is 85.5 Å². The van der Waals surface area contributed by atoms with Gasteiger partial charge in [0.05, 0.1) is 10.8 Å². The largest absolute Gasteiger partial charge is 0.369 e. The molecule has 5 rings (SSSR count). The normalized spacial score (nSPS) is 15.0. The quantitative estimate of drug-likeness (QED) is 0.277. The first kappa shape index (κ1) is 18.8. The van der Waals surface area contributed by atoms with E-state index in [4.69, 9.17) is 0 Å². The molecule has 1 aliphatic heterocycles. The van der Waals surface area contributed by atoms with Gasteiger partial charge < -0.3 is 9.80 Å². The van der Waals surface area contributed by atoms with E-state index in [1.165, 1.54) is 38.6 Å². The Morgan fingerprint density at radius 1 is 0.800 bits per heavy atom. The molecule has 1 aliphatic rings. The van der Waals surface area contributed by atoms with Crippen LogP contribution in [-0.4, -0.2) is 38.1 Å². The van der Waals surface area contributed by atoms with Gasteiger partial charge in [-0.3, -0.25) is 0 Å².